The standard InChI is InChI=1S/C55H60N6O13/c1-70-44-23-33-17-20-61(30-36(33)24-45(44)71-2,29-32-11-14-43(42(21-32)59-49(62)15-18-56)74-48-26-39(55(68)69)50(63)52(65)51(48)64)19-16-31-9-12-37(13-10-31)58-54(67)38-25-46(72-3)47(73-4)27-41(38)60-53(66)35-22-34-7-5-6-8-40(34)57-28-35/h5-14,21-25,27-28,39,48,50-52,63-65H,15-20,26,29-30,56H2,1-4H3,(H3-,58,59,60,62,66,67,68,69)/p+1/t39-,48?,50+,51-,52-,61?/m0/s1. The molecule has 0 saturated heterocycles. The molecule has 388 valence electrons. The Balaban J connectivity index is 1.04. The number of aromatic nitrogens is 1. The normalized spacial score (nSPS) is 20.1. The van der Waals surface area contributed by atoms with Gasteiger partial charge in [-0.25, -0.2) is 0 Å². The summed E-state index contributed by atoms with van der Waals surface area (Å²) in [6, 6.07) is 29.0. The van der Waals surface area contributed by atoms with Crippen LogP contribution in [-0.2, 0) is 35.5 Å². The molecular formula is C55H61N6O13+. The van der Waals surface area contributed by atoms with Gasteiger partial charge in [0.1, 0.15) is 37.2 Å². The number of quaternary nitrogens is 1. The molecule has 1 fully saturated rings. The average Bonchev–Trinajstić information content (AvgIpc) is 3.40. The summed E-state index contributed by atoms with van der Waals surface area (Å²) in [4.78, 5) is 57.1. The Bertz CT molecular complexity index is 3040. The number of ether oxygens (including phenoxy) is 5. The molecule has 1 aliphatic heterocycles. The number of methoxy groups -OCH3 is 4. The number of carboxylic acids is 1. The van der Waals surface area contributed by atoms with Crippen molar-refractivity contribution in [1.82, 2.24) is 4.98 Å². The number of carboxylic acid groups (broad SMARTS) is 1. The highest BCUT2D eigenvalue weighted by molar-refractivity contribution is 6.13. The smallest absolute Gasteiger partial charge is 0.309 e. The molecule has 19 heteroatoms. The van der Waals surface area contributed by atoms with Crippen molar-refractivity contribution in [2.75, 3.05) is 64.0 Å². The fourth-order valence-corrected chi connectivity index (χ4v) is 9.75. The van der Waals surface area contributed by atoms with E-state index in [1.165, 1.54) is 32.5 Å². The van der Waals surface area contributed by atoms with Crippen molar-refractivity contribution in [1.29, 1.82) is 0 Å². The second-order valence-electron chi connectivity index (χ2n) is 18.6. The number of hydrogen-bond donors (Lipinski definition) is 8. The number of carbonyl (C=O) groups is 4. The highest BCUT2D eigenvalue weighted by Gasteiger charge is 2.47. The molecule has 3 amide bonds. The summed E-state index contributed by atoms with van der Waals surface area (Å²) in [6.45, 7) is 2.60. The second-order valence-corrected chi connectivity index (χ2v) is 18.6. The second kappa shape index (κ2) is 22.9. The summed E-state index contributed by atoms with van der Waals surface area (Å²) >= 11 is 0. The number of amides is 3. The van der Waals surface area contributed by atoms with E-state index < -0.39 is 48.1 Å². The summed E-state index contributed by atoms with van der Waals surface area (Å²) in [5, 5.41) is 51.0. The molecule has 0 spiro atoms. The van der Waals surface area contributed by atoms with Crippen molar-refractivity contribution in [3.63, 3.8) is 0 Å². The number of benzene rings is 5. The summed E-state index contributed by atoms with van der Waals surface area (Å²) < 4.78 is 29.1. The van der Waals surface area contributed by atoms with Gasteiger partial charge in [0.15, 0.2) is 23.0 Å². The van der Waals surface area contributed by atoms with Gasteiger partial charge in [-0.3, -0.25) is 24.2 Å². The lowest BCUT2D eigenvalue weighted by molar-refractivity contribution is -0.955. The Morgan fingerprint density at radius 2 is 1.38 bits per heavy atom. The van der Waals surface area contributed by atoms with E-state index >= 15 is 0 Å². The number of nitrogens with two attached hydrogens (primary N) is 1. The van der Waals surface area contributed by atoms with E-state index in [0.717, 1.165) is 46.1 Å². The van der Waals surface area contributed by atoms with E-state index in [4.69, 9.17) is 29.4 Å². The zero-order valence-electron chi connectivity index (χ0n) is 41.5. The van der Waals surface area contributed by atoms with E-state index in [1.807, 2.05) is 66.7 Å². The number of aliphatic hydroxyl groups is 3. The molecule has 19 nitrogen and oxygen atoms in total. The van der Waals surface area contributed by atoms with Crippen molar-refractivity contribution in [3.8, 4) is 28.7 Å². The van der Waals surface area contributed by atoms with Gasteiger partial charge in [0.05, 0.1) is 81.6 Å². The summed E-state index contributed by atoms with van der Waals surface area (Å²) in [5.41, 5.74) is 11.9. The topological polar surface area (TPSA) is 270 Å². The van der Waals surface area contributed by atoms with Gasteiger partial charge in [0.2, 0.25) is 5.91 Å². The number of anilines is 3. The van der Waals surface area contributed by atoms with E-state index in [-0.39, 0.29) is 48.0 Å². The molecule has 8 rings (SSSR count). The highest BCUT2D eigenvalue weighted by Crippen LogP contribution is 2.39. The molecule has 9 N–H and O–H groups in total. The number of fused-ring (bicyclic) bond motifs is 2. The van der Waals surface area contributed by atoms with Crippen LogP contribution in [0.4, 0.5) is 17.1 Å². The van der Waals surface area contributed by atoms with Gasteiger partial charge < -0.3 is 70.3 Å². The van der Waals surface area contributed by atoms with Crippen LogP contribution in [0.1, 0.15) is 55.8 Å². The van der Waals surface area contributed by atoms with Gasteiger partial charge in [-0.15, -0.1) is 0 Å². The summed E-state index contributed by atoms with van der Waals surface area (Å²) in [6.07, 6.45) is -3.76. The minimum absolute atomic E-state index is 0.00653. The number of carbonyl (C=O) groups excluding carboxylic acids is 3. The van der Waals surface area contributed by atoms with Crippen molar-refractivity contribution >= 4 is 51.7 Å². The molecule has 0 radical (unpaired) electrons. The van der Waals surface area contributed by atoms with Crippen LogP contribution in [0.5, 0.6) is 28.7 Å². The number of rotatable bonds is 19. The average molecular weight is 1010 g/mol. The van der Waals surface area contributed by atoms with Gasteiger partial charge in [0, 0.05) is 66.7 Å². The zero-order chi connectivity index (χ0) is 52.7. The lowest BCUT2D eigenvalue weighted by atomic mass is 9.80. The van der Waals surface area contributed by atoms with Crippen molar-refractivity contribution < 1.29 is 67.8 Å². The van der Waals surface area contributed by atoms with E-state index in [9.17, 15) is 39.6 Å². The third kappa shape index (κ3) is 11.7. The van der Waals surface area contributed by atoms with Crippen LogP contribution in [0, 0.1) is 5.92 Å². The maximum Gasteiger partial charge on any atom is 0.309 e. The largest absolute Gasteiger partial charge is 0.493 e. The Morgan fingerprint density at radius 1 is 0.703 bits per heavy atom. The third-order valence-electron chi connectivity index (χ3n) is 13.8. The quantitative estimate of drug-likeness (QED) is 0.0478. The van der Waals surface area contributed by atoms with Gasteiger partial charge in [-0.1, -0.05) is 30.3 Å². The molecule has 1 aromatic heterocycles. The molecule has 2 unspecified atom stereocenters. The Hall–Kier alpha value is -7.81. The molecule has 1 saturated carbocycles. The number of para-hydroxylation sites is 1. The van der Waals surface area contributed by atoms with Crippen LogP contribution in [0.3, 0.4) is 0 Å². The molecule has 6 atom stereocenters. The van der Waals surface area contributed by atoms with Crippen molar-refractivity contribution in [2.24, 2.45) is 11.7 Å². The van der Waals surface area contributed by atoms with E-state index in [2.05, 4.69) is 20.9 Å². The van der Waals surface area contributed by atoms with Crippen molar-refractivity contribution in [2.45, 2.75) is 63.2 Å². The first-order chi connectivity index (χ1) is 35.6. The highest BCUT2D eigenvalue weighted by atomic mass is 16.5. The first-order valence-electron chi connectivity index (χ1n) is 24.1. The van der Waals surface area contributed by atoms with Gasteiger partial charge in [0.25, 0.3) is 11.8 Å². The Labute approximate surface area is 427 Å². The lowest BCUT2D eigenvalue weighted by Crippen LogP contribution is -2.57. The number of aliphatic hydroxyl groups excluding tert-OH is 3. The zero-order valence-corrected chi connectivity index (χ0v) is 41.5. The predicted molar refractivity (Wildman–Crippen MR) is 275 cm³/mol. The lowest BCUT2D eigenvalue weighted by Gasteiger charge is -2.43. The van der Waals surface area contributed by atoms with Crippen LogP contribution in [0.25, 0.3) is 10.9 Å². The predicted octanol–water partition coefficient (Wildman–Crippen LogP) is 5.31. The number of pyridine rings is 1. The Morgan fingerprint density at radius 3 is 2.08 bits per heavy atom. The summed E-state index contributed by atoms with van der Waals surface area (Å²) in [5.74, 6) is -2.11. The van der Waals surface area contributed by atoms with Gasteiger partial charge in [-0.05, 0) is 71.8 Å². The molecule has 2 aliphatic rings. The SMILES string of the molecule is COc1cc2c(cc1OC)C[N+](CCc1ccc(NC(=O)c3cc(OC)c(OC)cc3NC(=O)c3cnc4ccccc4c3)cc1)(Cc1ccc(OC3C[C@H](C(=O)O)[C@@H](O)[C@H](O)[C@H]3O)c(NC(=O)CCN)c1)CC2. The van der Waals surface area contributed by atoms with Crippen LogP contribution in [-0.4, -0.2) is 126 Å². The van der Waals surface area contributed by atoms with Crippen LogP contribution in [0.15, 0.2) is 103 Å². The molecule has 0 bridgehead atoms. The minimum Gasteiger partial charge on any atom is -0.493 e. The van der Waals surface area contributed by atoms with E-state index in [0.29, 0.717) is 64.8 Å². The fraction of sp³-hybridized carbons (Fsp3) is 0.327. The molecule has 5 aromatic carbocycles. The van der Waals surface area contributed by atoms with Gasteiger partial charge in [-0.2, -0.15) is 0 Å². The number of aliphatic carboxylic acids is 1. The van der Waals surface area contributed by atoms with Crippen LogP contribution < -0.4 is 45.4 Å². The van der Waals surface area contributed by atoms with Crippen LogP contribution >= 0.6 is 0 Å². The molecule has 2 heterocycles. The Kier molecular flexibility index (Phi) is 16.3. The maximum atomic E-state index is 14.0. The van der Waals surface area contributed by atoms with E-state index in [1.54, 1.807) is 32.4 Å². The van der Waals surface area contributed by atoms with Gasteiger partial charge >= 0.3 is 5.97 Å². The number of hydrogen-bond acceptors (Lipinski definition) is 14. The molecule has 6 aromatic rings. The number of nitrogens with zero attached hydrogens (tertiary/aromatic N) is 2. The number of nitrogens with one attached hydrogen (secondary N) is 3. The molecule has 74 heavy (non-hydrogen) atoms. The fourth-order valence-electron chi connectivity index (χ4n) is 9.75. The first kappa shape index (κ1) is 52.5. The maximum absolute atomic E-state index is 14.0. The molecule has 1 aliphatic carbocycles. The van der Waals surface area contributed by atoms with Crippen molar-refractivity contribution in [3.05, 3.63) is 137 Å². The molecular weight excluding hydrogens is 953 g/mol. The summed E-state index contributed by atoms with van der Waals surface area (Å²) in [7, 11) is 6.12. The monoisotopic (exact) mass is 1010 g/mol. The van der Waals surface area contributed by atoms with Crippen LogP contribution in [0.2, 0.25) is 0 Å². The third-order valence-corrected chi connectivity index (χ3v) is 13.8. The first-order valence-corrected chi connectivity index (χ1v) is 24.1. The minimum atomic E-state index is -1.78.